The summed E-state index contributed by atoms with van der Waals surface area (Å²) < 4.78 is 0. The Hall–Kier alpha value is -0.340. The van der Waals surface area contributed by atoms with E-state index in [4.69, 9.17) is 5.73 Å². The van der Waals surface area contributed by atoms with Crippen LogP contribution in [0.2, 0.25) is 0 Å². The van der Waals surface area contributed by atoms with Gasteiger partial charge in [-0.1, -0.05) is 19.1 Å². The van der Waals surface area contributed by atoms with Crippen LogP contribution in [-0.4, -0.2) is 30.6 Å². The fourth-order valence-corrected chi connectivity index (χ4v) is 1.40. The van der Waals surface area contributed by atoms with E-state index in [0.29, 0.717) is 6.04 Å². The normalized spacial score (nSPS) is 27.2. The summed E-state index contributed by atoms with van der Waals surface area (Å²) in [4.78, 5) is 2.40. The van der Waals surface area contributed by atoms with Crippen molar-refractivity contribution in [3.63, 3.8) is 0 Å². The van der Waals surface area contributed by atoms with Gasteiger partial charge in [-0.25, -0.2) is 0 Å². The van der Waals surface area contributed by atoms with Gasteiger partial charge in [0.05, 0.1) is 0 Å². The lowest BCUT2D eigenvalue weighted by Gasteiger charge is -2.29. The second kappa shape index (κ2) is 3.74. The van der Waals surface area contributed by atoms with E-state index in [1.54, 1.807) is 0 Å². The highest BCUT2D eigenvalue weighted by Gasteiger charge is 2.13. The van der Waals surface area contributed by atoms with Crippen molar-refractivity contribution < 1.29 is 0 Å². The second-order valence-electron chi connectivity index (χ2n) is 2.65. The van der Waals surface area contributed by atoms with Crippen molar-refractivity contribution in [2.45, 2.75) is 19.4 Å². The molecular weight excluding hydrogens is 124 g/mol. The third-order valence-corrected chi connectivity index (χ3v) is 2.06. The van der Waals surface area contributed by atoms with Crippen LogP contribution in [0.25, 0.3) is 0 Å². The minimum atomic E-state index is 0.499. The van der Waals surface area contributed by atoms with Crippen molar-refractivity contribution in [2.24, 2.45) is 5.73 Å². The molecule has 0 radical (unpaired) electrons. The largest absolute Gasteiger partial charge is 0.329 e. The average Bonchev–Trinajstić information content (AvgIpc) is 2.04. The van der Waals surface area contributed by atoms with Crippen LogP contribution in [0, 0.1) is 0 Å². The molecule has 1 aliphatic rings. The first kappa shape index (κ1) is 7.76. The van der Waals surface area contributed by atoms with Crippen molar-refractivity contribution >= 4 is 0 Å². The van der Waals surface area contributed by atoms with Crippen LogP contribution in [0.3, 0.4) is 0 Å². The Morgan fingerprint density at radius 3 is 3.00 bits per heavy atom. The molecule has 0 aromatic carbocycles. The second-order valence-corrected chi connectivity index (χ2v) is 2.65. The third-order valence-electron chi connectivity index (χ3n) is 2.06. The molecule has 0 aromatic heterocycles. The highest BCUT2D eigenvalue weighted by Crippen LogP contribution is 2.07. The van der Waals surface area contributed by atoms with Crippen LogP contribution in [0.5, 0.6) is 0 Å². The van der Waals surface area contributed by atoms with E-state index in [1.807, 2.05) is 0 Å². The Kier molecular flexibility index (Phi) is 2.90. The first-order valence-electron chi connectivity index (χ1n) is 3.99. The molecule has 2 nitrogen and oxygen atoms in total. The van der Waals surface area contributed by atoms with E-state index in [0.717, 1.165) is 13.1 Å². The van der Waals surface area contributed by atoms with Crippen LogP contribution >= 0.6 is 0 Å². The van der Waals surface area contributed by atoms with Crippen LogP contribution < -0.4 is 5.73 Å². The summed E-state index contributed by atoms with van der Waals surface area (Å²) >= 11 is 0. The van der Waals surface area contributed by atoms with Gasteiger partial charge < -0.3 is 5.73 Å². The van der Waals surface area contributed by atoms with Gasteiger partial charge in [0.2, 0.25) is 0 Å². The van der Waals surface area contributed by atoms with E-state index in [9.17, 15) is 0 Å². The van der Waals surface area contributed by atoms with Gasteiger partial charge in [0.1, 0.15) is 0 Å². The molecule has 0 aromatic rings. The van der Waals surface area contributed by atoms with Gasteiger partial charge in [0, 0.05) is 19.1 Å². The highest BCUT2D eigenvalue weighted by molar-refractivity contribution is 4.99. The summed E-state index contributed by atoms with van der Waals surface area (Å²) in [6.45, 7) is 5.23. The molecule has 1 atom stereocenters. The Bertz CT molecular complexity index is 120. The maximum atomic E-state index is 5.58. The van der Waals surface area contributed by atoms with Gasteiger partial charge in [0.25, 0.3) is 0 Å². The van der Waals surface area contributed by atoms with E-state index in [1.165, 1.54) is 13.0 Å². The molecule has 1 aliphatic heterocycles. The van der Waals surface area contributed by atoms with Gasteiger partial charge in [-0.05, 0) is 13.0 Å². The summed E-state index contributed by atoms with van der Waals surface area (Å²) in [6, 6.07) is 0.499. The Labute approximate surface area is 62.7 Å². The predicted octanol–water partition coefficient (Wildman–Crippen LogP) is 0.596. The number of nitrogens with two attached hydrogens (primary N) is 1. The zero-order chi connectivity index (χ0) is 7.40. The van der Waals surface area contributed by atoms with Gasteiger partial charge in [-0.3, -0.25) is 4.90 Å². The first-order valence-corrected chi connectivity index (χ1v) is 3.99. The highest BCUT2D eigenvalue weighted by atomic mass is 15.2. The number of hydrogen-bond acceptors (Lipinski definition) is 2. The molecule has 1 unspecified atom stereocenters. The fourth-order valence-electron chi connectivity index (χ4n) is 1.40. The topological polar surface area (TPSA) is 29.3 Å². The summed E-state index contributed by atoms with van der Waals surface area (Å²) in [7, 11) is 0. The van der Waals surface area contributed by atoms with Crippen molar-refractivity contribution in [3.05, 3.63) is 12.2 Å². The standard InChI is InChI=1S/C8H16N2/c1-2-10-6-4-3-5-8(10)7-9/h3,5,8H,2,4,6-7,9H2,1H3. The molecule has 0 fully saturated rings. The summed E-state index contributed by atoms with van der Waals surface area (Å²) in [5.41, 5.74) is 5.58. The molecular formula is C8H16N2. The lowest BCUT2D eigenvalue weighted by atomic mass is 10.1. The fraction of sp³-hybridized carbons (Fsp3) is 0.750. The minimum absolute atomic E-state index is 0.499. The number of likely N-dealkylation sites (N-methyl/N-ethyl adjacent to an activating group) is 1. The molecule has 0 saturated carbocycles. The summed E-state index contributed by atoms with van der Waals surface area (Å²) in [5.74, 6) is 0. The molecule has 0 spiro atoms. The average molecular weight is 140 g/mol. The van der Waals surface area contributed by atoms with E-state index in [2.05, 4.69) is 24.0 Å². The monoisotopic (exact) mass is 140 g/mol. The van der Waals surface area contributed by atoms with Crippen molar-refractivity contribution in [2.75, 3.05) is 19.6 Å². The number of rotatable bonds is 2. The van der Waals surface area contributed by atoms with Crippen LogP contribution in [0.15, 0.2) is 12.2 Å². The summed E-state index contributed by atoms with van der Waals surface area (Å²) in [5, 5.41) is 0. The van der Waals surface area contributed by atoms with Crippen LogP contribution in [0.1, 0.15) is 13.3 Å². The molecule has 0 bridgehead atoms. The summed E-state index contributed by atoms with van der Waals surface area (Å²) in [6.07, 6.45) is 5.63. The zero-order valence-corrected chi connectivity index (χ0v) is 6.59. The van der Waals surface area contributed by atoms with Gasteiger partial charge in [-0.2, -0.15) is 0 Å². The molecule has 10 heavy (non-hydrogen) atoms. The maximum absolute atomic E-state index is 5.58. The van der Waals surface area contributed by atoms with Gasteiger partial charge >= 0.3 is 0 Å². The van der Waals surface area contributed by atoms with Crippen molar-refractivity contribution in [1.82, 2.24) is 4.90 Å². The van der Waals surface area contributed by atoms with Gasteiger partial charge in [-0.15, -0.1) is 0 Å². The lowest BCUT2D eigenvalue weighted by Crippen LogP contribution is -2.41. The molecule has 2 N–H and O–H groups in total. The maximum Gasteiger partial charge on any atom is 0.0400 e. The molecule has 1 rings (SSSR count). The smallest absolute Gasteiger partial charge is 0.0400 e. The lowest BCUT2D eigenvalue weighted by molar-refractivity contribution is 0.239. The van der Waals surface area contributed by atoms with Crippen LogP contribution in [-0.2, 0) is 0 Å². The quantitative estimate of drug-likeness (QED) is 0.569. The minimum Gasteiger partial charge on any atom is -0.329 e. The van der Waals surface area contributed by atoms with Crippen LogP contribution in [0.4, 0.5) is 0 Å². The van der Waals surface area contributed by atoms with Crippen molar-refractivity contribution in [1.29, 1.82) is 0 Å². The molecule has 0 aliphatic carbocycles. The third kappa shape index (κ3) is 1.58. The Morgan fingerprint density at radius 2 is 2.50 bits per heavy atom. The van der Waals surface area contributed by atoms with E-state index < -0.39 is 0 Å². The number of hydrogen-bond donors (Lipinski definition) is 1. The van der Waals surface area contributed by atoms with Gasteiger partial charge in [0.15, 0.2) is 0 Å². The first-order chi connectivity index (χ1) is 4.88. The molecule has 0 saturated heterocycles. The van der Waals surface area contributed by atoms with Crippen molar-refractivity contribution in [3.8, 4) is 0 Å². The zero-order valence-electron chi connectivity index (χ0n) is 6.59. The Morgan fingerprint density at radius 1 is 1.70 bits per heavy atom. The molecule has 2 heteroatoms. The molecule has 0 amide bonds. The number of nitrogens with zero attached hydrogens (tertiary/aromatic N) is 1. The van der Waals surface area contributed by atoms with E-state index in [-0.39, 0.29) is 0 Å². The SMILES string of the molecule is CCN1CCC=CC1CN. The molecule has 1 heterocycles. The Balaban J connectivity index is 2.47. The predicted molar refractivity (Wildman–Crippen MR) is 43.8 cm³/mol. The van der Waals surface area contributed by atoms with E-state index >= 15 is 0 Å². The molecule has 58 valence electrons.